The number of rotatable bonds is 5. The average Bonchev–Trinajstić information content (AvgIpc) is 2.75. The van der Waals surface area contributed by atoms with Crippen LogP contribution in [0.4, 0.5) is 0 Å². The second-order valence-electron chi connectivity index (χ2n) is 4.76. The summed E-state index contributed by atoms with van der Waals surface area (Å²) in [4.78, 5) is 12.7. The quantitative estimate of drug-likeness (QED) is 0.788. The molecule has 20 heavy (non-hydrogen) atoms. The van der Waals surface area contributed by atoms with Crippen LogP contribution in [0.15, 0.2) is 28.9 Å². The lowest BCUT2D eigenvalue weighted by Gasteiger charge is -2.08. The molecule has 0 saturated heterocycles. The van der Waals surface area contributed by atoms with Gasteiger partial charge in [0.1, 0.15) is 5.69 Å². The molecule has 0 aliphatic rings. The Balaban J connectivity index is 2.39. The highest BCUT2D eigenvalue weighted by Crippen LogP contribution is 2.21. The molecule has 4 nitrogen and oxygen atoms in total. The first-order valence-corrected chi connectivity index (χ1v) is 7.15. The van der Waals surface area contributed by atoms with Gasteiger partial charge in [-0.25, -0.2) is 0 Å². The number of carbonyl (C=O) groups excluding carboxylic acids is 1. The van der Waals surface area contributed by atoms with Crippen molar-refractivity contribution in [3.05, 3.63) is 51.3 Å². The zero-order valence-corrected chi connectivity index (χ0v) is 13.4. The van der Waals surface area contributed by atoms with Crippen molar-refractivity contribution in [2.24, 2.45) is 0 Å². The Morgan fingerprint density at radius 2 is 1.95 bits per heavy atom. The Bertz CT molecular complexity index is 615. The van der Waals surface area contributed by atoms with E-state index in [0.717, 1.165) is 11.1 Å². The van der Waals surface area contributed by atoms with Crippen LogP contribution in [0.1, 0.15) is 27.2 Å². The summed E-state index contributed by atoms with van der Waals surface area (Å²) in [5.74, 6) is -0.0303. The van der Waals surface area contributed by atoms with Crippen LogP contribution in [0.25, 0.3) is 0 Å². The predicted octanol–water partition coefficient (Wildman–Crippen LogP) is 3.14. The first-order chi connectivity index (χ1) is 9.52. The van der Waals surface area contributed by atoms with E-state index in [4.69, 9.17) is 4.74 Å². The van der Waals surface area contributed by atoms with Crippen molar-refractivity contribution in [2.45, 2.75) is 20.4 Å². The molecule has 0 amide bonds. The third kappa shape index (κ3) is 3.16. The van der Waals surface area contributed by atoms with Gasteiger partial charge in [-0.2, -0.15) is 5.10 Å². The Kier molecular flexibility index (Phi) is 4.73. The fourth-order valence-electron chi connectivity index (χ4n) is 2.18. The van der Waals surface area contributed by atoms with E-state index in [0.29, 0.717) is 28.9 Å². The van der Waals surface area contributed by atoms with E-state index >= 15 is 0 Å². The van der Waals surface area contributed by atoms with Gasteiger partial charge in [0.25, 0.3) is 0 Å². The number of hydrogen-bond donors (Lipinski definition) is 0. The zero-order chi connectivity index (χ0) is 14.7. The van der Waals surface area contributed by atoms with Crippen LogP contribution in [0.2, 0.25) is 0 Å². The third-order valence-electron chi connectivity index (χ3n) is 3.00. The SMILES string of the molecule is COCCn1ncc(Br)c1C(=O)c1cc(C)cc(C)c1. The minimum Gasteiger partial charge on any atom is -0.383 e. The van der Waals surface area contributed by atoms with Crippen molar-refractivity contribution >= 4 is 21.7 Å². The maximum atomic E-state index is 12.7. The Hall–Kier alpha value is -1.46. The molecule has 0 N–H and O–H groups in total. The number of hydrogen-bond acceptors (Lipinski definition) is 3. The largest absolute Gasteiger partial charge is 0.383 e. The van der Waals surface area contributed by atoms with E-state index in [9.17, 15) is 4.79 Å². The second kappa shape index (κ2) is 6.33. The van der Waals surface area contributed by atoms with Gasteiger partial charge in [0, 0.05) is 12.7 Å². The number of nitrogens with zero attached hydrogens (tertiary/aromatic N) is 2. The fraction of sp³-hybridized carbons (Fsp3) is 0.333. The molecular formula is C15H17BrN2O2. The number of ketones is 1. The highest BCUT2D eigenvalue weighted by atomic mass is 79.9. The lowest BCUT2D eigenvalue weighted by Crippen LogP contribution is -2.15. The summed E-state index contributed by atoms with van der Waals surface area (Å²) in [6, 6.07) is 5.85. The standard InChI is InChI=1S/C15H17BrN2O2/c1-10-6-11(2)8-12(7-10)15(19)14-13(16)9-17-18(14)4-5-20-3/h6-9H,4-5H2,1-3H3. The minimum absolute atomic E-state index is 0.0303. The van der Waals surface area contributed by atoms with Crippen LogP contribution in [-0.2, 0) is 11.3 Å². The second-order valence-corrected chi connectivity index (χ2v) is 5.62. The maximum Gasteiger partial charge on any atom is 0.212 e. The summed E-state index contributed by atoms with van der Waals surface area (Å²) >= 11 is 3.40. The molecule has 0 spiro atoms. The molecule has 0 unspecified atom stereocenters. The summed E-state index contributed by atoms with van der Waals surface area (Å²) in [5, 5.41) is 4.21. The molecule has 2 aromatic rings. The van der Waals surface area contributed by atoms with Gasteiger partial charge in [-0.1, -0.05) is 17.2 Å². The van der Waals surface area contributed by atoms with Gasteiger partial charge in [-0.3, -0.25) is 9.48 Å². The Morgan fingerprint density at radius 3 is 2.55 bits per heavy atom. The minimum atomic E-state index is -0.0303. The van der Waals surface area contributed by atoms with Crippen LogP contribution >= 0.6 is 15.9 Å². The summed E-state index contributed by atoms with van der Waals surface area (Å²) in [6.45, 7) is 5.04. The van der Waals surface area contributed by atoms with Gasteiger partial charge in [-0.15, -0.1) is 0 Å². The first-order valence-electron chi connectivity index (χ1n) is 6.36. The Morgan fingerprint density at radius 1 is 1.30 bits per heavy atom. The van der Waals surface area contributed by atoms with Crippen LogP contribution in [0.3, 0.4) is 0 Å². The molecule has 0 radical (unpaired) electrons. The number of ether oxygens (including phenoxy) is 1. The average molecular weight is 337 g/mol. The first kappa shape index (κ1) is 14.9. The number of aryl methyl sites for hydroxylation is 2. The number of methoxy groups -OCH3 is 1. The molecule has 0 fully saturated rings. The van der Waals surface area contributed by atoms with E-state index in [-0.39, 0.29) is 5.78 Å². The topological polar surface area (TPSA) is 44.1 Å². The fourth-order valence-corrected chi connectivity index (χ4v) is 2.65. The molecule has 1 aromatic heterocycles. The van der Waals surface area contributed by atoms with Crippen molar-refractivity contribution in [3.8, 4) is 0 Å². The molecule has 1 aromatic carbocycles. The van der Waals surface area contributed by atoms with E-state index in [1.165, 1.54) is 0 Å². The van der Waals surface area contributed by atoms with E-state index in [1.807, 2.05) is 32.0 Å². The van der Waals surface area contributed by atoms with E-state index < -0.39 is 0 Å². The molecule has 1 heterocycles. The number of carbonyl (C=O) groups is 1. The van der Waals surface area contributed by atoms with Gasteiger partial charge in [-0.05, 0) is 41.9 Å². The highest BCUT2D eigenvalue weighted by molar-refractivity contribution is 9.10. The molecule has 0 aliphatic carbocycles. The van der Waals surface area contributed by atoms with Gasteiger partial charge in [0.2, 0.25) is 5.78 Å². The molecular weight excluding hydrogens is 320 g/mol. The van der Waals surface area contributed by atoms with Crippen molar-refractivity contribution in [3.63, 3.8) is 0 Å². The van der Waals surface area contributed by atoms with Gasteiger partial charge < -0.3 is 4.74 Å². The van der Waals surface area contributed by atoms with Crippen molar-refractivity contribution in [2.75, 3.05) is 13.7 Å². The van der Waals surface area contributed by atoms with Crippen molar-refractivity contribution in [1.82, 2.24) is 9.78 Å². The predicted molar refractivity (Wildman–Crippen MR) is 81.2 cm³/mol. The lowest BCUT2D eigenvalue weighted by molar-refractivity contribution is 0.102. The summed E-state index contributed by atoms with van der Waals surface area (Å²) in [6.07, 6.45) is 1.64. The summed E-state index contributed by atoms with van der Waals surface area (Å²) in [5.41, 5.74) is 3.40. The van der Waals surface area contributed by atoms with Crippen molar-refractivity contribution in [1.29, 1.82) is 0 Å². The van der Waals surface area contributed by atoms with Gasteiger partial charge in [0.15, 0.2) is 0 Å². The van der Waals surface area contributed by atoms with Crippen LogP contribution < -0.4 is 0 Å². The van der Waals surface area contributed by atoms with Crippen LogP contribution in [-0.4, -0.2) is 29.3 Å². The lowest BCUT2D eigenvalue weighted by atomic mass is 10.0. The number of benzene rings is 1. The maximum absolute atomic E-state index is 12.7. The summed E-state index contributed by atoms with van der Waals surface area (Å²) < 4.78 is 7.43. The molecule has 5 heteroatoms. The van der Waals surface area contributed by atoms with Crippen molar-refractivity contribution < 1.29 is 9.53 Å². The smallest absolute Gasteiger partial charge is 0.212 e. The van der Waals surface area contributed by atoms with Crippen LogP contribution in [0, 0.1) is 13.8 Å². The van der Waals surface area contributed by atoms with E-state index in [2.05, 4.69) is 21.0 Å². The molecule has 106 valence electrons. The molecule has 0 atom stereocenters. The normalized spacial score (nSPS) is 10.8. The summed E-state index contributed by atoms with van der Waals surface area (Å²) in [7, 11) is 1.63. The monoisotopic (exact) mass is 336 g/mol. The highest BCUT2D eigenvalue weighted by Gasteiger charge is 2.19. The van der Waals surface area contributed by atoms with Gasteiger partial charge in [0.05, 0.1) is 23.8 Å². The third-order valence-corrected chi connectivity index (χ3v) is 3.58. The van der Waals surface area contributed by atoms with Crippen LogP contribution in [0.5, 0.6) is 0 Å². The zero-order valence-electron chi connectivity index (χ0n) is 11.8. The molecule has 0 saturated carbocycles. The molecule has 0 aliphatic heterocycles. The van der Waals surface area contributed by atoms with Gasteiger partial charge >= 0.3 is 0 Å². The number of halogens is 1. The molecule has 2 rings (SSSR count). The number of aromatic nitrogens is 2. The Labute approximate surface area is 126 Å². The van der Waals surface area contributed by atoms with E-state index in [1.54, 1.807) is 18.0 Å². The molecule has 0 bridgehead atoms.